The fourth-order valence-corrected chi connectivity index (χ4v) is 4.16. The van der Waals surface area contributed by atoms with Crippen LogP contribution in [0, 0.1) is 3.57 Å². The van der Waals surface area contributed by atoms with Gasteiger partial charge in [-0.3, -0.25) is 14.5 Å². The van der Waals surface area contributed by atoms with Crippen LogP contribution in [0.5, 0.6) is 5.75 Å². The molecule has 1 aliphatic heterocycles. The fourth-order valence-electron chi connectivity index (χ4n) is 2.48. The first-order chi connectivity index (χ1) is 12.9. The quantitative estimate of drug-likeness (QED) is 0.598. The molecule has 1 aliphatic rings. The largest absolute Gasteiger partial charge is 0.483 e. The molecule has 0 bridgehead atoms. The summed E-state index contributed by atoms with van der Waals surface area (Å²) in [4.78, 5) is 16.3. The molecule has 0 saturated carbocycles. The van der Waals surface area contributed by atoms with Gasteiger partial charge in [0, 0.05) is 18.7 Å². The number of para-hydroxylation sites is 1. The van der Waals surface area contributed by atoms with E-state index < -0.39 is 10.0 Å². The van der Waals surface area contributed by atoms with Gasteiger partial charge in [0.2, 0.25) is 0 Å². The molecule has 0 unspecified atom stereocenters. The second kappa shape index (κ2) is 8.70. The highest BCUT2D eigenvalue weighted by Gasteiger charge is 2.18. The van der Waals surface area contributed by atoms with Crippen LogP contribution in [0.3, 0.4) is 0 Å². The molecule has 7 nitrogen and oxygen atoms in total. The molecular weight excluding hydrogens is 481 g/mol. The SMILES string of the molecule is O=C(COc1ccccc1I)Nc1cccc(S(=O)(=O)NC2=NCCC2)c1. The van der Waals surface area contributed by atoms with Gasteiger partial charge in [-0.2, -0.15) is 0 Å². The van der Waals surface area contributed by atoms with Gasteiger partial charge in [-0.1, -0.05) is 18.2 Å². The second-order valence-electron chi connectivity index (χ2n) is 5.83. The van der Waals surface area contributed by atoms with Crippen molar-refractivity contribution in [2.45, 2.75) is 17.7 Å². The molecule has 0 radical (unpaired) electrons. The first-order valence-electron chi connectivity index (χ1n) is 8.27. The number of anilines is 1. The lowest BCUT2D eigenvalue weighted by Crippen LogP contribution is -2.29. The molecule has 9 heteroatoms. The Morgan fingerprint density at radius 1 is 1.19 bits per heavy atom. The molecule has 142 valence electrons. The van der Waals surface area contributed by atoms with Gasteiger partial charge in [0.05, 0.1) is 8.47 Å². The molecule has 2 aromatic carbocycles. The number of amides is 1. The number of benzene rings is 2. The summed E-state index contributed by atoms with van der Waals surface area (Å²) in [5.74, 6) is 0.707. The van der Waals surface area contributed by atoms with Crippen molar-refractivity contribution >= 4 is 50.0 Å². The highest BCUT2D eigenvalue weighted by molar-refractivity contribution is 14.1. The normalized spacial score (nSPS) is 13.7. The molecular formula is C18H18IN3O4S. The van der Waals surface area contributed by atoms with Crippen molar-refractivity contribution < 1.29 is 17.9 Å². The zero-order valence-corrected chi connectivity index (χ0v) is 17.3. The van der Waals surface area contributed by atoms with Crippen LogP contribution in [0.2, 0.25) is 0 Å². The number of aliphatic imine (C=N–C) groups is 1. The summed E-state index contributed by atoms with van der Waals surface area (Å²) in [7, 11) is -3.73. The minimum Gasteiger partial charge on any atom is -0.483 e. The number of amidine groups is 1. The molecule has 0 aliphatic carbocycles. The molecule has 27 heavy (non-hydrogen) atoms. The summed E-state index contributed by atoms with van der Waals surface area (Å²) in [5.41, 5.74) is 0.377. The van der Waals surface area contributed by atoms with Gasteiger partial charge in [0.15, 0.2) is 6.61 Å². The maximum absolute atomic E-state index is 12.4. The standard InChI is InChI=1S/C18H18IN3O4S/c19-15-7-1-2-8-16(15)26-12-18(23)21-13-5-3-6-14(11-13)27(24,25)22-17-9-4-10-20-17/h1-3,5-8,11H,4,9-10,12H2,(H,20,22)(H,21,23). The molecule has 0 fully saturated rings. The van der Waals surface area contributed by atoms with Crippen molar-refractivity contribution in [2.75, 3.05) is 18.5 Å². The van der Waals surface area contributed by atoms with Crippen LogP contribution in [0.25, 0.3) is 0 Å². The third-order valence-corrected chi connectivity index (χ3v) is 6.02. The fraction of sp³-hybridized carbons (Fsp3) is 0.222. The van der Waals surface area contributed by atoms with E-state index in [9.17, 15) is 13.2 Å². The smallest absolute Gasteiger partial charge is 0.262 e. The predicted octanol–water partition coefficient (Wildman–Crippen LogP) is 2.78. The zero-order valence-electron chi connectivity index (χ0n) is 14.3. The molecule has 0 aromatic heterocycles. The average molecular weight is 499 g/mol. The minimum absolute atomic E-state index is 0.0634. The molecule has 2 N–H and O–H groups in total. The van der Waals surface area contributed by atoms with E-state index in [0.29, 0.717) is 30.2 Å². The molecule has 0 atom stereocenters. The van der Waals surface area contributed by atoms with Crippen molar-refractivity contribution in [2.24, 2.45) is 4.99 Å². The van der Waals surface area contributed by atoms with Crippen LogP contribution < -0.4 is 14.8 Å². The van der Waals surface area contributed by atoms with Gasteiger partial charge in [-0.15, -0.1) is 0 Å². The molecule has 3 rings (SSSR count). The minimum atomic E-state index is -3.73. The third kappa shape index (κ3) is 5.42. The topological polar surface area (TPSA) is 96.9 Å². The van der Waals surface area contributed by atoms with E-state index in [-0.39, 0.29) is 17.4 Å². The van der Waals surface area contributed by atoms with E-state index in [1.165, 1.54) is 12.1 Å². The van der Waals surface area contributed by atoms with E-state index in [0.717, 1.165) is 9.99 Å². The maximum atomic E-state index is 12.4. The predicted molar refractivity (Wildman–Crippen MR) is 112 cm³/mol. The molecule has 1 heterocycles. The summed E-state index contributed by atoms with van der Waals surface area (Å²) in [6.45, 7) is 0.459. The number of carbonyl (C=O) groups is 1. The van der Waals surface area contributed by atoms with Gasteiger partial charge in [0.1, 0.15) is 11.6 Å². The van der Waals surface area contributed by atoms with E-state index in [1.807, 2.05) is 18.2 Å². The molecule has 0 saturated heterocycles. The van der Waals surface area contributed by atoms with Gasteiger partial charge < -0.3 is 10.1 Å². The average Bonchev–Trinajstić information content (AvgIpc) is 3.13. The molecule has 1 amide bonds. The van der Waals surface area contributed by atoms with Crippen LogP contribution in [0.4, 0.5) is 5.69 Å². The Morgan fingerprint density at radius 3 is 2.74 bits per heavy atom. The van der Waals surface area contributed by atoms with Gasteiger partial charge >= 0.3 is 0 Å². The lowest BCUT2D eigenvalue weighted by Gasteiger charge is -2.11. The summed E-state index contributed by atoms with van der Waals surface area (Å²) < 4.78 is 33.8. The van der Waals surface area contributed by atoms with Crippen molar-refractivity contribution in [3.63, 3.8) is 0 Å². The Hall–Kier alpha value is -2.14. The highest BCUT2D eigenvalue weighted by atomic mass is 127. The molecule has 0 spiro atoms. The number of ether oxygens (including phenoxy) is 1. The van der Waals surface area contributed by atoms with Crippen LogP contribution in [0.15, 0.2) is 58.4 Å². The summed E-state index contributed by atoms with van der Waals surface area (Å²) in [6.07, 6.45) is 1.46. The number of nitrogens with one attached hydrogen (secondary N) is 2. The monoisotopic (exact) mass is 499 g/mol. The lowest BCUT2D eigenvalue weighted by atomic mass is 10.3. The number of sulfonamides is 1. The maximum Gasteiger partial charge on any atom is 0.262 e. The Kier molecular flexibility index (Phi) is 6.32. The zero-order chi connectivity index (χ0) is 19.3. The van der Waals surface area contributed by atoms with E-state index >= 15 is 0 Å². The van der Waals surface area contributed by atoms with Gasteiger partial charge in [-0.25, -0.2) is 8.42 Å². The second-order valence-corrected chi connectivity index (χ2v) is 8.68. The van der Waals surface area contributed by atoms with Crippen LogP contribution in [0.1, 0.15) is 12.8 Å². The van der Waals surface area contributed by atoms with Crippen LogP contribution in [-0.4, -0.2) is 33.3 Å². The lowest BCUT2D eigenvalue weighted by molar-refractivity contribution is -0.118. The van der Waals surface area contributed by atoms with Crippen molar-refractivity contribution in [1.82, 2.24) is 4.72 Å². The van der Waals surface area contributed by atoms with Crippen molar-refractivity contribution in [1.29, 1.82) is 0 Å². The van der Waals surface area contributed by atoms with Crippen molar-refractivity contribution in [3.8, 4) is 5.75 Å². The first kappa shape index (κ1) is 19.6. The Balaban J connectivity index is 1.63. The number of hydrogen-bond donors (Lipinski definition) is 2. The summed E-state index contributed by atoms with van der Waals surface area (Å²) >= 11 is 2.12. The number of carbonyl (C=O) groups excluding carboxylic acids is 1. The summed E-state index contributed by atoms with van der Waals surface area (Å²) in [6, 6.07) is 13.4. The van der Waals surface area contributed by atoms with Crippen LogP contribution in [-0.2, 0) is 14.8 Å². The Bertz CT molecular complexity index is 976. The summed E-state index contributed by atoms with van der Waals surface area (Å²) in [5, 5.41) is 2.65. The molecule has 2 aromatic rings. The van der Waals surface area contributed by atoms with E-state index in [4.69, 9.17) is 4.74 Å². The van der Waals surface area contributed by atoms with E-state index in [2.05, 4.69) is 37.6 Å². The number of rotatable bonds is 6. The van der Waals surface area contributed by atoms with E-state index in [1.54, 1.807) is 18.2 Å². The number of hydrogen-bond acceptors (Lipinski definition) is 5. The number of nitrogens with zero attached hydrogens (tertiary/aromatic N) is 1. The van der Waals surface area contributed by atoms with Gasteiger partial charge in [-0.05, 0) is 59.3 Å². The Morgan fingerprint density at radius 2 is 2.00 bits per heavy atom. The van der Waals surface area contributed by atoms with Gasteiger partial charge in [0.25, 0.3) is 15.9 Å². The first-order valence-corrected chi connectivity index (χ1v) is 10.8. The van der Waals surface area contributed by atoms with Crippen LogP contribution >= 0.6 is 22.6 Å². The third-order valence-electron chi connectivity index (χ3n) is 3.75. The number of halogens is 1. The van der Waals surface area contributed by atoms with Crippen molar-refractivity contribution in [3.05, 3.63) is 52.1 Å². The Labute approximate surface area is 171 Å². The highest BCUT2D eigenvalue weighted by Crippen LogP contribution is 2.20.